The lowest BCUT2D eigenvalue weighted by Gasteiger charge is -2.08. The average molecular weight is 294 g/mol. The summed E-state index contributed by atoms with van der Waals surface area (Å²) in [4.78, 5) is 11.5. The summed E-state index contributed by atoms with van der Waals surface area (Å²) in [6, 6.07) is 15.7. The number of phenols is 1. The molecule has 0 aliphatic carbocycles. The number of phenolic OH excluding ortho intramolecular Hbond substituents is 1. The van der Waals surface area contributed by atoms with Gasteiger partial charge in [0.25, 0.3) is 0 Å². The zero-order valence-corrected chi connectivity index (χ0v) is 11.9. The van der Waals surface area contributed by atoms with Gasteiger partial charge in [-0.15, -0.1) is 0 Å². The van der Waals surface area contributed by atoms with E-state index in [-0.39, 0.29) is 11.4 Å². The number of aromatic hydroxyl groups is 1. The van der Waals surface area contributed by atoms with Crippen molar-refractivity contribution in [2.45, 2.75) is 6.92 Å². The van der Waals surface area contributed by atoms with Crippen LogP contribution in [0.25, 0.3) is 16.9 Å². The van der Waals surface area contributed by atoms with Crippen molar-refractivity contribution in [3.8, 4) is 22.7 Å². The molecule has 2 N–H and O–H groups in total. The van der Waals surface area contributed by atoms with E-state index < -0.39 is 5.97 Å². The van der Waals surface area contributed by atoms with Crippen LogP contribution < -0.4 is 0 Å². The molecule has 1 heterocycles. The quantitative estimate of drug-likeness (QED) is 0.777. The van der Waals surface area contributed by atoms with Crippen LogP contribution >= 0.6 is 0 Å². The van der Waals surface area contributed by atoms with Crippen molar-refractivity contribution >= 4 is 5.97 Å². The van der Waals surface area contributed by atoms with Gasteiger partial charge in [0.05, 0.1) is 11.4 Å². The normalized spacial score (nSPS) is 10.6. The molecule has 22 heavy (non-hydrogen) atoms. The summed E-state index contributed by atoms with van der Waals surface area (Å²) < 4.78 is 1.39. The van der Waals surface area contributed by atoms with Gasteiger partial charge >= 0.3 is 5.97 Å². The molecule has 2 aromatic carbocycles. The van der Waals surface area contributed by atoms with Gasteiger partial charge in [0.15, 0.2) is 5.69 Å². The molecule has 5 heteroatoms. The first-order valence-corrected chi connectivity index (χ1v) is 6.75. The molecule has 0 aliphatic heterocycles. The van der Waals surface area contributed by atoms with Gasteiger partial charge in [-0.05, 0) is 36.8 Å². The van der Waals surface area contributed by atoms with Gasteiger partial charge in [-0.25, -0.2) is 9.48 Å². The molecule has 5 nitrogen and oxygen atoms in total. The highest BCUT2D eigenvalue weighted by molar-refractivity contribution is 5.88. The number of nitrogens with zero attached hydrogens (tertiary/aromatic N) is 2. The Morgan fingerprint density at radius 2 is 1.82 bits per heavy atom. The lowest BCUT2D eigenvalue weighted by atomic mass is 10.1. The Bertz CT molecular complexity index is 838. The number of aryl methyl sites for hydroxylation is 1. The van der Waals surface area contributed by atoms with E-state index in [4.69, 9.17) is 0 Å². The van der Waals surface area contributed by atoms with Crippen LogP contribution in [-0.2, 0) is 0 Å². The first kappa shape index (κ1) is 13.9. The minimum Gasteiger partial charge on any atom is -0.508 e. The van der Waals surface area contributed by atoms with Crippen molar-refractivity contribution in [2.75, 3.05) is 0 Å². The Balaban J connectivity index is 2.18. The first-order valence-electron chi connectivity index (χ1n) is 6.75. The van der Waals surface area contributed by atoms with Gasteiger partial charge in [-0.3, -0.25) is 0 Å². The average Bonchev–Trinajstić information content (AvgIpc) is 2.93. The molecule has 110 valence electrons. The van der Waals surface area contributed by atoms with Gasteiger partial charge in [-0.1, -0.05) is 30.3 Å². The second-order valence-corrected chi connectivity index (χ2v) is 4.97. The summed E-state index contributed by atoms with van der Waals surface area (Å²) in [6.45, 7) is 1.80. The number of hydrogen-bond acceptors (Lipinski definition) is 3. The third kappa shape index (κ3) is 2.44. The van der Waals surface area contributed by atoms with Crippen molar-refractivity contribution in [3.63, 3.8) is 0 Å². The fraction of sp³-hybridized carbons (Fsp3) is 0.0588. The monoisotopic (exact) mass is 294 g/mol. The van der Waals surface area contributed by atoms with E-state index in [0.717, 1.165) is 11.1 Å². The molecule has 0 atom stereocenters. The van der Waals surface area contributed by atoms with Gasteiger partial charge in [0, 0.05) is 5.56 Å². The zero-order chi connectivity index (χ0) is 15.7. The van der Waals surface area contributed by atoms with E-state index in [1.807, 2.05) is 30.3 Å². The lowest BCUT2D eigenvalue weighted by molar-refractivity contribution is 0.0687. The molecule has 0 saturated heterocycles. The van der Waals surface area contributed by atoms with Gasteiger partial charge in [-0.2, -0.15) is 5.10 Å². The van der Waals surface area contributed by atoms with Crippen LogP contribution in [-0.4, -0.2) is 26.0 Å². The molecule has 0 saturated carbocycles. The van der Waals surface area contributed by atoms with Crippen molar-refractivity contribution in [1.29, 1.82) is 0 Å². The number of carboxylic acids is 1. The fourth-order valence-corrected chi connectivity index (χ4v) is 2.34. The maximum absolute atomic E-state index is 11.5. The summed E-state index contributed by atoms with van der Waals surface area (Å²) in [5.74, 6) is -0.921. The van der Waals surface area contributed by atoms with Crippen molar-refractivity contribution in [3.05, 3.63) is 65.9 Å². The summed E-state index contributed by atoms with van der Waals surface area (Å²) in [5, 5.41) is 23.3. The van der Waals surface area contributed by atoms with E-state index in [9.17, 15) is 15.0 Å². The van der Waals surface area contributed by atoms with Crippen LogP contribution in [0.5, 0.6) is 5.75 Å². The topological polar surface area (TPSA) is 75.3 Å². The molecule has 0 spiro atoms. The highest BCUT2D eigenvalue weighted by Gasteiger charge is 2.17. The van der Waals surface area contributed by atoms with Gasteiger partial charge in [0.1, 0.15) is 5.75 Å². The smallest absolute Gasteiger partial charge is 0.354 e. The van der Waals surface area contributed by atoms with Crippen molar-refractivity contribution < 1.29 is 15.0 Å². The van der Waals surface area contributed by atoms with E-state index in [2.05, 4.69) is 5.10 Å². The minimum absolute atomic E-state index is 0.0765. The fourth-order valence-electron chi connectivity index (χ4n) is 2.34. The lowest BCUT2D eigenvalue weighted by Crippen LogP contribution is -2.09. The molecule has 0 unspecified atom stereocenters. The highest BCUT2D eigenvalue weighted by atomic mass is 16.4. The van der Waals surface area contributed by atoms with E-state index in [1.165, 1.54) is 10.7 Å². The van der Waals surface area contributed by atoms with Crippen LogP contribution in [0.4, 0.5) is 0 Å². The van der Waals surface area contributed by atoms with E-state index in [1.54, 1.807) is 25.1 Å². The molecule has 1 aromatic heterocycles. The number of carboxylic acid groups (broad SMARTS) is 1. The maximum atomic E-state index is 11.5. The summed E-state index contributed by atoms with van der Waals surface area (Å²) in [5.41, 5.74) is 2.88. The third-order valence-corrected chi connectivity index (χ3v) is 3.41. The summed E-state index contributed by atoms with van der Waals surface area (Å²) >= 11 is 0. The number of hydrogen-bond donors (Lipinski definition) is 2. The predicted molar refractivity (Wildman–Crippen MR) is 82.4 cm³/mol. The number of aromatic nitrogens is 2. The summed E-state index contributed by atoms with van der Waals surface area (Å²) in [7, 11) is 0. The molecular formula is C17H14N2O3. The van der Waals surface area contributed by atoms with Crippen LogP contribution in [0, 0.1) is 6.92 Å². The standard InChI is InChI=1S/C17H14N2O3/c1-11-9-13(20)7-8-15(11)19-16(17(21)22)10-14(18-19)12-5-3-2-4-6-12/h2-10,20H,1H3,(H,21,22). The maximum Gasteiger partial charge on any atom is 0.354 e. The molecule has 0 fully saturated rings. The SMILES string of the molecule is Cc1cc(O)ccc1-n1nc(-c2ccccc2)cc1C(=O)O. The Hall–Kier alpha value is -3.08. The Kier molecular flexibility index (Phi) is 3.39. The molecule has 0 radical (unpaired) electrons. The Labute approximate surface area is 127 Å². The van der Waals surface area contributed by atoms with Crippen LogP contribution in [0.1, 0.15) is 16.1 Å². The van der Waals surface area contributed by atoms with E-state index >= 15 is 0 Å². The summed E-state index contributed by atoms with van der Waals surface area (Å²) in [6.07, 6.45) is 0. The molecule has 0 bridgehead atoms. The van der Waals surface area contributed by atoms with E-state index in [0.29, 0.717) is 11.4 Å². The number of aromatic carboxylic acids is 1. The molecule has 0 aliphatic rings. The van der Waals surface area contributed by atoms with Crippen molar-refractivity contribution in [1.82, 2.24) is 9.78 Å². The van der Waals surface area contributed by atoms with Gasteiger partial charge in [0.2, 0.25) is 0 Å². The van der Waals surface area contributed by atoms with Crippen molar-refractivity contribution in [2.24, 2.45) is 0 Å². The molecule has 0 amide bonds. The zero-order valence-electron chi connectivity index (χ0n) is 11.9. The molecule has 3 aromatic rings. The second kappa shape index (κ2) is 5.37. The Morgan fingerprint density at radius 1 is 1.09 bits per heavy atom. The second-order valence-electron chi connectivity index (χ2n) is 4.97. The number of carbonyl (C=O) groups is 1. The largest absolute Gasteiger partial charge is 0.508 e. The third-order valence-electron chi connectivity index (χ3n) is 3.41. The number of benzene rings is 2. The first-order chi connectivity index (χ1) is 10.6. The van der Waals surface area contributed by atoms with Crippen LogP contribution in [0.2, 0.25) is 0 Å². The Morgan fingerprint density at radius 3 is 2.45 bits per heavy atom. The van der Waals surface area contributed by atoms with Crippen LogP contribution in [0.3, 0.4) is 0 Å². The highest BCUT2D eigenvalue weighted by Crippen LogP contribution is 2.25. The number of rotatable bonds is 3. The molecule has 3 rings (SSSR count). The van der Waals surface area contributed by atoms with Gasteiger partial charge < -0.3 is 10.2 Å². The molecular weight excluding hydrogens is 280 g/mol. The van der Waals surface area contributed by atoms with Crippen LogP contribution in [0.15, 0.2) is 54.6 Å². The predicted octanol–water partition coefficient (Wildman–Crippen LogP) is 3.25. The minimum atomic E-state index is -1.05.